The Bertz CT molecular complexity index is 369. The second-order valence-corrected chi connectivity index (χ2v) is 6.16. The Balaban J connectivity index is 1.81. The van der Waals surface area contributed by atoms with Crippen LogP contribution in [-0.2, 0) is 11.3 Å². The van der Waals surface area contributed by atoms with Crippen LogP contribution in [0.3, 0.4) is 0 Å². The molecule has 1 aliphatic carbocycles. The van der Waals surface area contributed by atoms with Gasteiger partial charge in [0.1, 0.15) is 0 Å². The Morgan fingerprint density at radius 1 is 1.39 bits per heavy atom. The van der Waals surface area contributed by atoms with Crippen molar-refractivity contribution in [3.63, 3.8) is 0 Å². The van der Waals surface area contributed by atoms with Crippen molar-refractivity contribution in [2.24, 2.45) is 0 Å². The minimum absolute atomic E-state index is 0.0395. The van der Waals surface area contributed by atoms with E-state index in [2.05, 4.69) is 16.7 Å². The van der Waals surface area contributed by atoms with Gasteiger partial charge in [0.15, 0.2) is 0 Å². The first-order valence-electron chi connectivity index (χ1n) is 6.72. The van der Waals surface area contributed by atoms with E-state index in [1.54, 1.807) is 11.3 Å². The molecule has 4 heteroatoms. The van der Waals surface area contributed by atoms with Crippen molar-refractivity contribution in [1.29, 1.82) is 0 Å². The van der Waals surface area contributed by atoms with E-state index >= 15 is 0 Å². The number of thiophene rings is 1. The summed E-state index contributed by atoms with van der Waals surface area (Å²) in [4.78, 5) is 13.2. The largest absolute Gasteiger partial charge is 0.351 e. The van der Waals surface area contributed by atoms with Crippen molar-refractivity contribution in [2.75, 3.05) is 7.05 Å². The van der Waals surface area contributed by atoms with Gasteiger partial charge in [-0.25, -0.2) is 0 Å². The van der Waals surface area contributed by atoms with E-state index in [0.717, 1.165) is 12.8 Å². The number of amides is 1. The van der Waals surface area contributed by atoms with Gasteiger partial charge in [-0.05, 0) is 31.3 Å². The fourth-order valence-electron chi connectivity index (χ4n) is 2.71. The maximum absolute atomic E-state index is 12.0. The molecule has 0 aromatic carbocycles. The van der Waals surface area contributed by atoms with Crippen LogP contribution in [0.1, 0.15) is 43.4 Å². The molecule has 1 fully saturated rings. The second kappa shape index (κ2) is 6.34. The number of rotatable bonds is 5. The molecule has 2 N–H and O–H groups in total. The standard InChI is InChI=1S/C14H22N2OS/c1-15-14(7-3-2-4-8-14)10-13(17)16-11-12-6-5-9-18-12/h5-6,9,15H,2-4,7-8,10-11H2,1H3,(H,16,17). The smallest absolute Gasteiger partial charge is 0.222 e. The Morgan fingerprint density at radius 3 is 2.78 bits per heavy atom. The zero-order valence-electron chi connectivity index (χ0n) is 11.0. The molecule has 0 spiro atoms. The minimum atomic E-state index is 0.0395. The lowest BCUT2D eigenvalue weighted by atomic mass is 9.79. The molecule has 1 heterocycles. The predicted molar refractivity (Wildman–Crippen MR) is 75.7 cm³/mol. The average Bonchev–Trinajstić information content (AvgIpc) is 2.91. The number of carbonyl (C=O) groups excluding carboxylic acids is 1. The van der Waals surface area contributed by atoms with Gasteiger partial charge in [-0.15, -0.1) is 11.3 Å². The summed E-state index contributed by atoms with van der Waals surface area (Å²) in [5.74, 6) is 0.166. The van der Waals surface area contributed by atoms with E-state index in [1.165, 1.54) is 24.1 Å². The highest BCUT2D eigenvalue weighted by molar-refractivity contribution is 7.09. The molecule has 18 heavy (non-hydrogen) atoms. The molecular formula is C14H22N2OS. The third kappa shape index (κ3) is 3.56. The number of carbonyl (C=O) groups is 1. The zero-order chi connectivity index (χ0) is 12.8. The van der Waals surface area contributed by atoms with Gasteiger partial charge in [-0.2, -0.15) is 0 Å². The predicted octanol–water partition coefficient (Wildman–Crippen LogP) is 2.68. The molecular weight excluding hydrogens is 244 g/mol. The van der Waals surface area contributed by atoms with E-state index in [4.69, 9.17) is 0 Å². The Morgan fingerprint density at radius 2 is 2.17 bits per heavy atom. The lowest BCUT2D eigenvalue weighted by Crippen LogP contribution is -2.48. The van der Waals surface area contributed by atoms with E-state index in [-0.39, 0.29) is 11.4 Å². The molecule has 100 valence electrons. The van der Waals surface area contributed by atoms with Crippen molar-refractivity contribution < 1.29 is 4.79 Å². The highest BCUT2D eigenvalue weighted by Crippen LogP contribution is 2.30. The van der Waals surface area contributed by atoms with Crippen LogP contribution in [0.2, 0.25) is 0 Å². The first-order chi connectivity index (χ1) is 8.74. The summed E-state index contributed by atoms with van der Waals surface area (Å²) in [5, 5.41) is 8.45. The van der Waals surface area contributed by atoms with Gasteiger partial charge in [0.25, 0.3) is 0 Å². The van der Waals surface area contributed by atoms with Gasteiger partial charge in [0, 0.05) is 16.8 Å². The summed E-state index contributed by atoms with van der Waals surface area (Å²) >= 11 is 1.69. The third-order valence-corrected chi connectivity index (χ3v) is 4.76. The number of hydrogen-bond acceptors (Lipinski definition) is 3. The van der Waals surface area contributed by atoms with Crippen molar-refractivity contribution in [3.05, 3.63) is 22.4 Å². The average molecular weight is 266 g/mol. The van der Waals surface area contributed by atoms with Crippen LogP contribution >= 0.6 is 11.3 Å². The third-order valence-electron chi connectivity index (χ3n) is 3.88. The number of hydrogen-bond donors (Lipinski definition) is 2. The van der Waals surface area contributed by atoms with E-state index in [1.807, 2.05) is 18.5 Å². The van der Waals surface area contributed by atoms with E-state index in [0.29, 0.717) is 13.0 Å². The molecule has 0 bridgehead atoms. The maximum atomic E-state index is 12.0. The molecule has 2 rings (SSSR count). The summed E-state index contributed by atoms with van der Waals surface area (Å²) < 4.78 is 0. The van der Waals surface area contributed by atoms with Gasteiger partial charge < -0.3 is 10.6 Å². The van der Waals surface area contributed by atoms with Crippen LogP contribution in [0, 0.1) is 0 Å². The maximum Gasteiger partial charge on any atom is 0.222 e. The molecule has 0 atom stereocenters. The molecule has 1 amide bonds. The van der Waals surface area contributed by atoms with Crippen molar-refractivity contribution in [1.82, 2.24) is 10.6 Å². The summed E-state index contributed by atoms with van der Waals surface area (Å²) in [6.45, 7) is 0.663. The lowest BCUT2D eigenvalue weighted by Gasteiger charge is -2.36. The quantitative estimate of drug-likeness (QED) is 0.860. The van der Waals surface area contributed by atoms with Gasteiger partial charge in [0.05, 0.1) is 6.54 Å². The van der Waals surface area contributed by atoms with Crippen LogP contribution in [0.5, 0.6) is 0 Å². The Hall–Kier alpha value is -0.870. The van der Waals surface area contributed by atoms with Gasteiger partial charge in [-0.3, -0.25) is 4.79 Å². The van der Waals surface area contributed by atoms with Gasteiger partial charge in [0.2, 0.25) is 5.91 Å². The van der Waals surface area contributed by atoms with E-state index in [9.17, 15) is 4.79 Å². The second-order valence-electron chi connectivity index (χ2n) is 5.12. The first-order valence-corrected chi connectivity index (χ1v) is 7.60. The van der Waals surface area contributed by atoms with Crippen molar-refractivity contribution >= 4 is 17.2 Å². The Labute approximate surface area is 113 Å². The summed E-state index contributed by atoms with van der Waals surface area (Å²) in [6, 6.07) is 4.07. The van der Waals surface area contributed by atoms with Crippen LogP contribution in [0.25, 0.3) is 0 Å². The summed E-state index contributed by atoms with van der Waals surface area (Å²) in [6.07, 6.45) is 6.62. The molecule has 1 saturated carbocycles. The van der Waals surface area contributed by atoms with Crippen LogP contribution in [0.4, 0.5) is 0 Å². The van der Waals surface area contributed by atoms with Gasteiger partial charge >= 0.3 is 0 Å². The topological polar surface area (TPSA) is 41.1 Å². The summed E-state index contributed by atoms with van der Waals surface area (Å²) in [5.41, 5.74) is 0.0395. The molecule has 0 saturated heterocycles. The van der Waals surface area contributed by atoms with Gasteiger partial charge in [-0.1, -0.05) is 25.3 Å². The fraction of sp³-hybridized carbons (Fsp3) is 0.643. The number of nitrogens with one attached hydrogen (secondary N) is 2. The normalized spacial score (nSPS) is 18.5. The molecule has 0 aliphatic heterocycles. The highest BCUT2D eigenvalue weighted by atomic mass is 32.1. The van der Waals surface area contributed by atoms with Crippen LogP contribution < -0.4 is 10.6 Å². The molecule has 0 unspecified atom stereocenters. The zero-order valence-corrected chi connectivity index (χ0v) is 11.8. The molecule has 3 nitrogen and oxygen atoms in total. The SMILES string of the molecule is CNC1(CC(=O)NCc2cccs2)CCCCC1. The van der Waals surface area contributed by atoms with Crippen LogP contribution in [0.15, 0.2) is 17.5 Å². The molecule has 1 aromatic heterocycles. The molecule has 1 aromatic rings. The minimum Gasteiger partial charge on any atom is -0.351 e. The van der Waals surface area contributed by atoms with E-state index < -0.39 is 0 Å². The fourth-order valence-corrected chi connectivity index (χ4v) is 3.36. The lowest BCUT2D eigenvalue weighted by molar-refractivity contribution is -0.123. The van der Waals surface area contributed by atoms with Crippen molar-refractivity contribution in [3.8, 4) is 0 Å². The molecule has 1 aliphatic rings. The van der Waals surface area contributed by atoms with Crippen LogP contribution in [-0.4, -0.2) is 18.5 Å². The monoisotopic (exact) mass is 266 g/mol. The Kier molecular flexibility index (Phi) is 4.78. The summed E-state index contributed by atoms with van der Waals surface area (Å²) in [7, 11) is 1.98. The first kappa shape index (κ1) is 13.6. The molecule has 0 radical (unpaired) electrons. The van der Waals surface area contributed by atoms with Crippen molar-refractivity contribution in [2.45, 2.75) is 50.6 Å². The highest BCUT2D eigenvalue weighted by Gasteiger charge is 2.32.